The van der Waals surface area contributed by atoms with Crippen molar-refractivity contribution in [1.82, 2.24) is 0 Å². The highest BCUT2D eigenvalue weighted by Gasteiger charge is 2.25. The van der Waals surface area contributed by atoms with Gasteiger partial charge in [0, 0.05) is 0 Å². The Labute approximate surface area is 147 Å². The van der Waals surface area contributed by atoms with Gasteiger partial charge in [-0.25, -0.2) is 13.6 Å². The molecule has 0 bridgehead atoms. The molecule has 4 heteroatoms. The number of nitrogens with two attached hydrogens (primary N) is 1. The minimum absolute atomic E-state index is 0.141. The second-order valence-electron chi connectivity index (χ2n) is 6.18. The third kappa shape index (κ3) is 2.60. The molecule has 1 aliphatic carbocycles. The van der Waals surface area contributed by atoms with Crippen LogP contribution in [0.5, 0.6) is 0 Å². The van der Waals surface area contributed by atoms with E-state index in [0.29, 0.717) is 5.56 Å². The Morgan fingerprint density at radius 2 is 1.44 bits per heavy atom. The average Bonchev–Trinajstić information content (AvgIpc) is 2.90. The van der Waals surface area contributed by atoms with Crippen molar-refractivity contribution in [1.29, 1.82) is 0 Å². The Kier molecular flexibility index (Phi) is 3.60. The SMILES string of the molecule is Cc1cccc2c1C(=Cc1ccccc1S(N)(=O)=O)c1ccccc1-2. The Morgan fingerprint density at radius 3 is 2.20 bits per heavy atom. The van der Waals surface area contributed by atoms with Gasteiger partial charge in [0.1, 0.15) is 0 Å². The molecular formula is C21H17NO2S. The van der Waals surface area contributed by atoms with Crippen molar-refractivity contribution in [3.05, 3.63) is 89.0 Å². The number of aryl methyl sites for hydroxylation is 1. The second kappa shape index (κ2) is 5.69. The first-order valence-corrected chi connectivity index (χ1v) is 9.55. The molecule has 1 aliphatic rings. The van der Waals surface area contributed by atoms with Crippen molar-refractivity contribution < 1.29 is 8.42 Å². The van der Waals surface area contributed by atoms with Gasteiger partial charge >= 0.3 is 0 Å². The molecule has 124 valence electrons. The lowest BCUT2D eigenvalue weighted by Gasteiger charge is -2.09. The summed E-state index contributed by atoms with van der Waals surface area (Å²) in [6.07, 6.45) is 1.93. The molecule has 2 N–H and O–H groups in total. The minimum Gasteiger partial charge on any atom is -0.225 e. The lowest BCUT2D eigenvalue weighted by Crippen LogP contribution is -2.13. The smallest absolute Gasteiger partial charge is 0.225 e. The zero-order chi connectivity index (χ0) is 17.6. The van der Waals surface area contributed by atoms with E-state index in [1.54, 1.807) is 18.2 Å². The molecular weight excluding hydrogens is 330 g/mol. The third-order valence-corrected chi connectivity index (χ3v) is 5.56. The van der Waals surface area contributed by atoms with Crippen molar-refractivity contribution >= 4 is 21.7 Å². The fourth-order valence-corrected chi connectivity index (χ4v) is 4.23. The van der Waals surface area contributed by atoms with E-state index < -0.39 is 10.0 Å². The molecule has 4 rings (SSSR count). The van der Waals surface area contributed by atoms with Gasteiger partial charge in [0.15, 0.2) is 0 Å². The molecule has 0 aliphatic heterocycles. The number of benzene rings is 3. The van der Waals surface area contributed by atoms with Crippen LogP contribution in [0.3, 0.4) is 0 Å². The quantitative estimate of drug-likeness (QED) is 0.590. The molecule has 0 unspecified atom stereocenters. The van der Waals surface area contributed by atoms with Crippen molar-refractivity contribution in [2.45, 2.75) is 11.8 Å². The van der Waals surface area contributed by atoms with E-state index in [9.17, 15) is 8.42 Å². The summed E-state index contributed by atoms with van der Waals surface area (Å²) in [7, 11) is -3.78. The molecule has 0 amide bonds. The van der Waals surface area contributed by atoms with Crippen molar-refractivity contribution in [2.24, 2.45) is 5.14 Å². The Morgan fingerprint density at radius 1 is 0.800 bits per heavy atom. The van der Waals surface area contributed by atoms with Gasteiger partial charge in [0.25, 0.3) is 0 Å². The van der Waals surface area contributed by atoms with E-state index in [4.69, 9.17) is 5.14 Å². The van der Waals surface area contributed by atoms with Crippen LogP contribution in [-0.4, -0.2) is 8.42 Å². The summed E-state index contributed by atoms with van der Waals surface area (Å²) in [5.74, 6) is 0. The predicted molar refractivity (Wildman–Crippen MR) is 101 cm³/mol. The third-order valence-electron chi connectivity index (χ3n) is 4.57. The monoisotopic (exact) mass is 347 g/mol. The molecule has 0 radical (unpaired) electrons. The molecule has 0 atom stereocenters. The number of sulfonamides is 1. The van der Waals surface area contributed by atoms with E-state index in [0.717, 1.165) is 22.3 Å². The van der Waals surface area contributed by atoms with Gasteiger partial charge in [-0.1, -0.05) is 60.7 Å². The Balaban J connectivity index is 2.04. The van der Waals surface area contributed by atoms with Gasteiger partial charge < -0.3 is 0 Å². The van der Waals surface area contributed by atoms with Gasteiger partial charge in [0.2, 0.25) is 10.0 Å². The van der Waals surface area contributed by atoms with Crippen LogP contribution >= 0.6 is 0 Å². The lowest BCUT2D eigenvalue weighted by molar-refractivity contribution is 0.597. The van der Waals surface area contributed by atoms with E-state index >= 15 is 0 Å². The fourth-order valence-electron chi connectivity index (χ4n) is 3.50. The Hall–Kier alpha value is -2.69. The summed E-state index contributed by atoms with van der Waals surface area (Å²) in [5, 5.41) is 5.39. The molecule has 0 aromatic heterocycles. The molecule has 3 nitrogen and oxygen atoms in total. The van der Waals surface area contributed by atoms with E-state index in [-0.39, 0.29) is 4.90 Å². The highest BCUT2D eigenvalue weighted by molar-refractivity contribution is 7.89. The van der Waals surface area contributed by atoms with Crippen LogP contribution < -0.4 is 5.14 Å². The van der Waals surface area contributed by atoms with Crippen LogP contribution in [0, 0.1) is 6.92 Å². The van der Waals surface area contributed by atoms with Gasteiger partial charge in [0.05, 0.1) is 4.90 Å². The van der Waals surface area contributed by atoms with E-state index in [1.807, 2.05) is 30.3 Å². The topological polar surface area (TPSA) is 60.2 Å². The summed E-state index contributed by atoms with van der Waals surface area (Å²) in [6.45, 7) is 2.07. The lowest BCUT2D eigenvalue weighted by atomic mass is 9.97. The van der Waals surface area contributed by atoms with Crippen molar-refractivity contribution in [3.8, 4) is 11.1 Å². The summed E-state index contributed by atoms with van der Waals surface area (Å²) in [5.41, 5.74) is 7.39. The van der Waals surface area contributed by atoms with Gasteiger partial charge in [-0.2, -0.15) is 0 Å². The summed E-state index contributed by atoms with van der Waals surface area (Å²) < 4.78 is 23.9. The Bertz CT molecular complexity index is 1130. The summed E-state index contributed by atoms with van der Waals surface area (Å²) in [6, 6.07) is 21.2. The average molecular weight is 347 g/mol. The zero-order valence-electron chi connectivity index (χ0n) is 13.7. The maximum absolute atomic E-state index is 11.9. The normalized spacial score (nSPS) is 14.4. The maximum atomic E-state index is 11.9. The van der Waals surface area contributed by atoms with Crippen molar-refractivity contribution in [2.75, 3.05) is 0 Å². The number of fused-ring (bicyclic) bond motifs is 3. The second-order valence-corrected chi connectivity index (χ2v) is 7.71. The summed E-state index contributed by atoms with van der Waals surface area (Å²) in [4.78, 5) is 0.141. The van der Waals surface area contributed by atoms with Crippen LogP contribution in [0.2, 0.25) is 0 Å². The number of primary sulfonamides is 1. The van der Waals surface area contributed by atoms with Crippen LogP contribution in [0.25, 0.3) is 22.8 Å². The molecule has 3 aromatic carbocycles. The first kappa shape index (κ1) is 15.8. The molecule has 0 saturated carbocycles. The first-order chi connectivity index (χ1) is 12.0. The first-order valence-electron chi connectivity index (χ1n) is 8.00. The highest BCUT2D eigenvalue weighted by atomic mass is 32.2. The van der Waals surface area contributed by atoms with Crippen LogP contribution in [-0.2, 0) is 10.0 Å². The molecule has 0 spiro atoms. The standard InChI is InChI=1S/C21H17NO2S/c1-14-7-6-11-18-16-9-3-4-10-17(16)19(21(14)18)13-15-8-2-5-12-20(15)25(22,23)24/h2-13H,1H3,(H2,22,23,24). The van der Waals surface area contributed by atoms with E-state index in [1.165, 1.54) is 11.1 Å². The molecule has 0 heterocycles. The van der Waals surface area contributed by atoms with E-state index in [2.05, 4.69) is 31.2 Å². The predicted octanol–water partition coefficient (Wildman–Crippen LogP) is 4.21. The minimum atomic E-state index is -3.78. The van der Waals surface area contributed by atoms with Gasteiger partial charge in [-0.15, -0.1) is 0 Å². The molecule has 0 fully saturated rings. The number of hydrogen-bond acceptors (Lipinski definition) is 2. The largest absolute Gasteiger partial charge is 0.238 e. The van der Waals surface area contributed by atoms with Crippen LogP contribution in [0.1, 0.15) is 22.3 Å². The number of rotatable bonds is 2. The zero-order valence-corrected chi connectivity index (χ0v) is 14.5. The molecule has 25 heavy (non-hydrogen) atoms. The van der Waals surface area contributed by atoms with Gasteiger partial charge in [-0.05, 0) is 58.0 Å². The molecule has 3 aromatic rings. The van der Waals surface area contributed by atoms with Crippen LogP contribution in [0.15, 0.2) is 71.6 Å². The number of hydrogen-bond donors (Lipinski definition) is 1. The van der Waals surface area contributed by atoms with Gasteiger partial charge in [-0.3, -0.25) is 0 Å². The molecule has 0 saturated heterocycles. The summed E-state index contributed by atoms with van der Waals surface area (Å²) >= 11 is 0. The van der Waals surface area contributed by atoms with Crippen molar-refractivity contribution in [3.63, 3.8) is 0 Å². The van der Waals surface area contributed by atoms with Crippen LogP contribution in [0.4, 0.5) is 0 Å². The maximum Gasteiger partial charge on any atom is 0.238 e. The fraction of sp³-hybridized carbons (Fsp3) is 0.0476. The highest BCUT2D eigenvalue weighted by Crippen LogP contribution is 2.46.